The van der Waals surface area contributed by atoms with Crippen molar-refractivity contribution in [2.24, 2.45) is 0 Å². The number of likely N-dealkylation sites (N-methyl/N-ethyl adjacent to an activating group) is 1. The van der Waals surface area contributed by atoms with Crippen LogP contribution in [0.5, 0.6) is 0 Å². The number of aliphatic carboxylic acids is 1. The van der Waals surface area contributed by atoms with Crippen molar-refractivity contribution in [3.63, 3.8) is 0 Å². The molecule has 0 aromatic carbocycles. The zero-order chi connectivity index (χ0) is 17.0. The average Bonchev–Trinajstić information content (AvgIpc) is 3.07. The number of hydrogen-bond donors (Lipinski definition) is 2. The Labute approximate surface area is 135 Å². The number of amides is 2. The Bertz CT molecular complexity index is 736. The minimum atomic E-state index is -1.08. The molecule has 0 atom stereocenters. The second-order valence-corrected chi connectivity index (χ2v) is 5.67. The number of furan rings is 1. The molecule has 0 unspecified atom stereocenters. The van der Waals surface area contributed by atoms with Crippen molar-refractivity contribution >= 4 is 34.3 Å². The van der Waals surface area contributed by atoms with Gasteiger partial charge in [-0.15, -0.1) is 11.3 Å². The summed E-state index contributed by atoms with van der Waals surface area (Å²) in [6.45, 7) is 1.31. The van der Waals surface area contributed by atoms with Gasteiger partial charge in [0.1, 0.15) is 12.3 Å². The van der Waals surface area contributed by atoms with Gasteiger partial charge in [-0.25, -0.2) is 4.98 Å². The number of nitrogens with one attached hydrogen (secondary N) is 1. The Kier molecular flexibility index (Phi) is 5.12. The summed E-state index contributed by atoms with van der Waals surface area (Å²) >= 11 is 1.19. The van der Waals surface area contributed by atoms with Gasteiger partial charge < -0.3 is 14.4 Å². The zero-order valence-electron chi connectivity index (χ0n) is 12.5. The first-order valence-corrected chi connectivity index (χ1v) is 7.50. The van der Waals surface area contributed by atoms with Crippen LogP contribution in [0.2, 0.25) is 0 Å². The van der Waals surface area contributed by atoms with Crippen molar-refractivity contribution in [2.75, 3.05) is 18.9 Å². The summed E-state index contributed by atoms with van der Waals surface area (Å²) in [5, 5.41) is 13.3. The molecule has 2 aromatic heterocycles. The molecular formula is C14H15N3O5S. The van der Waals surface area contributed by atoms with Crippen molar-refractivity contribution in [2.45, 2.75) is 13.3 Å². The Morgan fingerprint density at radius 2 is 2.17 bits per heavy atom. The molecule has 0 aliphatic rings. The fraction of sp³-hybridized carbons (Fsp3) is 0.286. The zero-order valence-corrected chi connectivity index (χ0v) is 13.3. The maximum atomic E-state index is 12.0. The Hall–Kier alpha value is -2.68. The maximum absolute atomic E-state index is 12.0. The molecule has 2 amide bonds. The van der Waals surface area contributed by atoms with E-state index in [1.807, 2.05) is 0 Å². The summed E-state index contributed by atoms with van der Waals surface area (Å²) in [5.41, 5.74) is 0.885. The number of aryl methyl sites for hydroxylation is 1. The van der Waals surface area contributed by atoms with Gasteiger partial charge in [0.05, 0.1) is 23.9 Å². The van der Waals surface area contributed by atoms with Crippen LogP contribution < -0.4 is 5.32 Å². The summed E-state index contributed by atoms with van der Waals surface area (Å²) in [6.07, 6.45) is 1.40. The topological polar surface area (TPSA) is 113 Å². The number of nitrogens with zero attached hydrogens (tertiary/aromatic N) is 2. The number of rotatable bonds is 6. The van der Waals surface area contributed by atoms with Gasteiger partial charge in [-0.05, 0) is 13.0 Å². The number of anilines is 1. The summed E-state index contributed by atoms with van der Waals surface area (Å²) < 4.78 is 5.06. The SMILES string of the molecule is Cc1occc1C(=O)Nc1nc(CC(=O)N(C)CC(=O)O)cs1. The quantitative estimate of drug-likeness (QED) is 0.823. The van der Waals surface area contributed by atoms with E-state index in [2.05, 4.69) is 10.3 Å². The molecule has 23 heavy (non-hydrogen) atoms. The monoisotopic (exact) mass is 337 g/mol. The Morgan fingerprint density at radius 1 is 1.43 bits per heavy atom. The number of carboxylic acids is 1. The fourth-order valence-electron chi connectivity index (χ4n) is 1.81. The first-order chi connectivity index (χ1) is 10.9. The van der Waals surface area contributed by atoms with E-state index in [1.54, 1.807) is 18.4 Å². The Morgan fingerprint density at radius 3 is 2.78 bits per heavy atom. The van der Waals surface area contributed by atoms with Crippen LogP contribution in [0.3, 0.4) is 0 Å². The van der Waals surface area contributed by atoms with Gasteiger partial charge in [0.25, 0.3) is 5.91 Å². The van der Waals surface area contributed by atoms with Gasteiger partial charge in [-0.3, -0.25) is 19.7 Å². The third kappa shape index (κ3) is 4.39. The molecule has 9 heteroatoms. The molecule has 2 aromatic rings. The van der Waals surface area contributed by atoms with Crippen LogP contribution in [0, 0.1) is 6.92 Å². The molecule has 8 nitrogen and oxygen atoms in total. The molecule has 2 rings (SSSR count). The van der Waals surface area contributed by atoms with E-state index in [9.17, 15) is 14.4 Å². The highest BCUT2D eigenvalue weighted by atomic mass is 32.1. The molecule has 0 bridgehead atoms. The van der Waals surface area contributed by atoms with Crippen LogP contribution in [-0.4, -0.2) is 46.4 Å². The normalized spacial score (nSPS) is 10.3. The number of hydrogen-bond acceptors (Lipinski definition) is 6. The maximum Gasteiger partial charge on any atom is 0.323 e. The van der Waals surface area contributed by atoms with Crippen LogP contribution in [0.4, 0.5) is 5.13 Å². The van der Waals surface area contributed by atoms with Crippen LogP contribution in [0.15, 0.2) is 22.1 Å². The second-order valence-electron chi connectivity index (χ2n) is 4.81. The lowest BCUT2D eigenvalue weighted by Gasteiger charge is -2.13. The highest BCUT2D eigenvalue weighted by Gasteiger charge is 2.16. The van der Waals surface area contributed by atoms with Crippen molar-refractivity contribution in [3.05, 3.63) is 34.7 Å². The van der Waals surface area contributed by atoms with Crippen molar-refractivity contribution < 1.29 is 23.9 Å². The van der Waals surface area contributed by atoms with E-state index in [1.165, 1.54) is 24.6 Å². The number of thiazole rings is 1. The molecule has 0 aliphatic heterocycles. The first kappa shape index (κ1) is 16.7. The predicted octanol–water partition coefficient (Wildman–Crippen LogP) is 1.38. The first-order valence-electron chi connectivity index (χ1n) is 6.62. The number of aromatic nitrogens is 1. The standard InChI is InChI=1S/C14H15N3O5S/c1-8-10(3-4-22-8)13(21)16-14-15-9(7-23-14)5-11(18)17(2)6-12(19)20/h3-4,7H,5-6H2,1-2H3,(H,19,20)(H,15,16,21). The van der Waals surface area contributed by atoms with Gasteiger partial charge in [-0.1, -0.05) is 0 Å². The van der Waals surface area contributed by atoms with Crippen LogP contribution in [0.25, 0.3) is 0 Å². The fourth-order valence-corrected chi connectivity index (χ4v) is 2.52. The van der Waals surface area contributed by atoms with Crippen molar-refractivity contribution in [1.82, 2.24) is 9.88 Å². The van der Waals surface area contributed by atoms with E-state index in [0.717, 1.165) is 4.90 Å². The molecule has 0 radical (unpaired) electrons. The summed E-state index contributed by atoms with van der Waals surface area (Å²) in [7, 11) is 1.41. The molecule has 122 valence electrons. The van der Waals surface area contributed by atoms with Crippen molar-refractivity contribution in [3.8, 4) is 0 Å². The molecule has 2 heterocycles. The molecule has 0 spiro atoms. The summed E-state index contributed by atoms with van der Waals surface area (Å²) in [4.78, 5) is 39.7. The molecule has 0 aliphatic carbocycles. The summed E-state index contributed by atoms with van der Waals surface area (Å²) in [5.74, 6) is -1.28. The molecule has 2 N–H and O–H groups in total. The highest BCUT2D eigenvalue weighted by molar-refractivity contribution is 7.14. The molecule has 0 saturated carbocycles. The lowest BCUT2D eigenvalue weighted by atomic mass is 10.2. The van der Waals surface area contributed by atoms with Gasteiger partial charge >= 0.3 is 5.97 Å². The van der Waals surface area contributed by atoms with Crippen molar-refractivity contribution in [1.29, 1.82) is 0 Å². The number of carbonyl (C=O) groups excluding carboxylic acids is 2. The third-order valence-corrected chi connectivity index (χ3v) is 3.81. The highest BCUT2D eigenvalue weighted by Crippen LogP contribution is 2.18. The summed E-state index contributed by atoms with van der Waals surface area (Å²) in [6, 6.07) is 1.56. The second kappa shape index (κ2) is 7.05. The lowest BCUT2D eigenvalue weighted by molar-refractivity contribution is -0.143. The van der Waals surface area contributed by atoms with Gasteiger partial charge in [0.2, 0.25) is 5.91 Å². The average molecular weight is 337 g/mol. The van der Waals surface area contributed by atoms with E-state index in [4.69, 9.17) is 9.52 Å². The largest absolute Gasteiger partial charge is 0.480 e. The smallest absolute Gasteiger partial charge is 0.323 e. The van der Waals surface area contributed by atoms with E-state index in [-0.39, 0.29) is 24.8 Å². The molecule has 0 fully saturated rings. The minimum absolute atomic E-state index is 0.0269. The number of carbonyl (C=O) groups is 3. The van der Waals surface area contributed by atoms with Gasteiger partial charge in [0, 0.05) is 12.4 Å². The van der Waals surface area contributed by atoms with Gasteiger partial charge in [-0.2, -0.15) is 0 Å². The van der Waals surface area contributed by atoms with Crippen LogP contribution in [-0.2, 0) is 16.0 Å². The number of carboxylic acid groups (broad SMARTS) is 1. The molecule has 0 saturated heterocycles. The minimum Gasteiger partial charge on any atom is -0.480 e. The van der Waals surface area contributed by atoms with Crippen LogP contribution >= 0.6 is 11.3 Å². The lowest BCUT2D eigenvalue weighted by Crippen LogP contribution is -2.33. The molecular weight excluding hydrogens is 322 g/mol. The van der Waals surface area contributed by atoms with E-state index < -0.39 is 5.97 Å². The van der Waals surface area contributed by atoms with E-state index in [0.29, 0.717) is 22.1 Å². The van der Waals surface area contributed by atoms with E-state index >= 15 is 0 Å². The predicted molar refractivity (Wildman–Crippen MR) is 82.5 cm³/mol. The third-order valence-electron chi connectivity index (χ3n) is 3.01. The van der Waals surface area contributed by atoms with Gasteiger partial charge in [0.15, 0.2) is 5.13 Å². The Balaban J connectivity index is 1.95. The van der Waals surface area contributed by atoms with Crippen LogP contribution in [0.1, 0.15) is 21.8 Å².